The number of pyridine rings is 1. The Labute approximate surface area is 260 Å². The molecular weight excluding hydrogens is 580 g/mol. The van der Waals surface area contributed by atoms with Crippen molar-refractivity contribution in [2.24, 2.45) is 0 Å². The average Bonchev–Trinajstić information content (AvgIpc) is 3.04. The number of amides is 2. The number of benzene rings is 2. The summed E-state index contributed by atoms with van der Waals surface area (Å²) in [6.07, 6.45) is 12.9. The van der Waals surface area contributed by atoms with E-state index in [1.54, 1.807) is 61.0 Å². The number of unbranched alkanes of at least 4 members (excludes halogenated alkanes) is 5. The molecule has 3 aromatic rings. The molecule has 0 aliphatic carbocycles. The van der Waals surface area contributed by atoms with E-state index in [2.05, 4.69) is 11.9 Å². The molecule has 2 amide bonds. The molecule has 0 spiro atoms. The lowest BCUT2D eigenvalue weighted by atomic mass is 10.0. The second kappa shape index (κ2) is 16.6. The zero-order valence-electron chi connectivity index (χ0n) is 25.8. The molecule has 2 N–H and O–H groups in total. The van der Waals surface area contributed by atoms with Gasteiger partial charge in [-0.25, -0.2) is 13.9 Å². The maximum absolute atomic E-state index is 14.1. The van der Waals surface area contributed by atoms with E-state index < -0.39 is 15.9 Å². The highest BCUT2D eigenvalue weighted by Crippen LogP contribution is 2.34. The maximum atomic E-state index is 14.1. The largest absolute Gasteiger partial charge is 0.497 e. The van der Waals surface area contributed by atoms with Crippen molar-refractivity contribution in [1.82, 2.24) is 15.4 Å². The number of methoxy groups -OCH3 is 1. The van der Waals surface area contributed by atoms with Gasteiger partial charge in [-0.3, -0.25) is 24.1 Å². The normalized spacial score (nSPS) is 11.4. The highest BCUT2D eigenvalue weighted by atomic mass is 32.2. The average molecular weight is 623 g/mol. The van der Waals surface area contributed by atoms with Crippen molar-refractivity contribution >= 4 is 33.6 Å². The third kappa shape index (κ3) is 9.14. The van der Waals surface area contributed by atoms with E-state index in [-0.39, 0.29) is 28.6 Å². The monoisotopic (exact) mass is 622 g/mol. The Kier molecular flexibility index (Phi) is 12.9. The minimum Gasteiger partial charge on any atom is -0.497 e. The van der Waals surface area contributed by atoms with E-state index in [0.717, 1.165) is 23.6 Å². The smallest absolute Gasteiger partial charge is 0.276 e. The molecule has 11 heteroatoms. The summed E-state index contributed by atoms with van der Waals surface area (Å²) in [6, 6.07) is 12.5. The van der Waals surface area contributed by atoms with Crippen LogP contribution >= 0.6 is 0 Å². The second-order valence-electron chi connectivity index (χ2n) is 10.6. The van der Waals surface area contributed by atoms with Gasteiger partial charge in [0.05, 0.1) is 29.8 Å². The zero-order valence-corrected chi connectivity index (χ0v) is 26.6. The van der Waals surface area contributed by atoms with Crippen molar-refractivity contribution in [3.63, 3.8) is 0 Å². The lowest BCUT2D eigenvalue weighted by molar-refractivity contribution is -0.124. The molecule has 236 valence electrons. The van der Waals surface area contributed by atoms with Crippen LogP contribution in [0.1, 0.15) is 72.5 Å². The molecule has 10 nitrogen and oxygen atoms in total. The van der Waals surface area contributed by atoms with Crippen molar-refractivity contribution in [3.05, 3.63) is 89.3 Å². The van der Waals surface area contributed by atoms with Gasteiger partial charge in [0.25, 0.3) is 15.9 Å². The standard InChI is InChI=1S/C33H42N4O6S/c1-5-6-7-8-9-10-20-36(3)31(38)18-13-26-21-25(2)32(30(22-26)33(39)35-40)37(24-27-12-11-19-34-23-27)44(41,42)29-16-14-28(43-4)15-17-29/h11-19,21-23,40H,5-10,20,24H2,1-4H3,(H,35,39)/b18-13+. The van der Waals surface area contributed by atoms with Crippen LogP contribution in [0.3, 0.4) is 0 Å². The molecule has 0 saturated heterocycles. The number of nitrogens with one attached hydrogen (secondary N) is 1. The fourth-order valence-corrected chi connectivity index (χ4v) is 6.36. The first kappa shape index (κ1) is 34.3. The zero-order chi connectivity index (χ0) is 32.1. The molecule has 1 heterocycles. The van der Waals surface area contributed by atoms with Gasteiger partial charge in [-0.2, -0.15) is 0 Å². The second-order valence-corrected chi connectivity index (χ2v) is 12.4. The highest BCUT2D eigenvalue weighted by Gasteiger charge is 2.30. The quantitative estimate of drug-likeness (QED) is 0.0901. The summed E-state index contributed by atoms with van der Waals surface area (Å²) >= 11 is 0. The van der Waals surface area contributed by atoms with Crippen LogP contribution in [0.5, 0.6) is 5.75 Å². The number of anilines is 1. The first-order chi connectivity index (χ1) is 21.1. The highest BCUT2D eigenvalue weighted by molar-refractivity contribution is 7.92. The Morgan fingerprint density at radius 2 is 1.75 bits per heavy atom. The van der Waals surface area contributed by atoms with Crippen LogP contribution in [0.15, 0.2) is 71.9 Å². The van der Waals surface area contributed by atoms with Crippen molar-refractivity contribution in [3.8, 4) is 5.75 Å². The van der Waals surface area contributed by atoms with Gasteiger partial charge < -0.3 is 9.64 Å². The summed E-state index contributed by atoms with van der Waals surface area (Å²) in [5, 5.41) is 9.61. The first-order valence-electron chi connectivity index (χ1n) is 14.7. The van der Waals surface area contributed by atoms with E-state index in [1.807, 2.05) is 0 Å². The molecule has 3 rings (SSSR count). The molecule has 44 heavy (non-hydrogen) atoms. The molecule has 1 aromatic heterocycles. The minimum atomic E-state index is -4.22. The Morgan fingerprint density at radius 1 is 1.05 bits per heavy atom. The molecule has 0 radical (unpaired) electrons. The third-order valence-corrected chi connectivity index (χ3v) is 9.02. The van der Waals surface area contributed by atoms with Crippen LogP contribution in [0, 0.1) is 6.92 Å². The van der Waals surface area contributed by atoms with Gasteiger partial charge in [0.1, 0.15) is 5.75 Å². The predicted octanol–water partition coefficient (Wildman–Crippen LogP) is 5.75. The molecule has 0 saturated carbocycles. The van der Waals surface area contributed by atoms with Gasteiger partial charge in [-0.05, 0) is 78.6 Å². The number of carbonyl (C=O) groups is 2. The van der Waals surface area contributed by atoms with Gasteiger partial charge in [0.2, 0.25) is 5.91 Å². The number of sulfonamides is 1. The van der Waals surface area contributed by atoms with Gasteiger partial charge in [-0.1, -0.05) is 45.1 Å². The third-order valence-electron chi connectivity index (χ3n) is 7.26. The fourth-order valence-electron chi connectivity index (χ4n) is 4.82. The summed E-state index contributed by atoms with van der Waals surface area (Å²) in [5.74, 6) is -0.595. The van der Waals surface area contributed by atoms with Gasteiger partial charge >= 0.3 is 0 Å². The molecule has 0 aliphatic rings. The SMILES string of the molecule is CCCCCCCCN(C)C(=O)/C=C/c1cc(C)c(N(Cc2cccnc2)S(=O)(=O)c2ccc(OC)cc2)c(C(=O)NO)c1. The number of hydrogen-bond acceptors (Lipinski definition) is 7. The fraction of sp³-hybridized carbons (Fsp3) is 0.364. The van der Waals surface area contributed by atoms with Gasteiger partial charge in [0, 0.05) is 32.1 Å². The number of ether oxygens (including phenoxy) is 1. The molecule has 0 atom stereocenters. The van der Waals surface area contributed by atoms with Gasteiger partial charge in [0.15, 0.2) is 0 Å². The Bertz CT molecular complexity index is 1530. The summed E-state index contributed by atoms with van der Waals surface area (Å²) in [6.45, 7) is 4.35. The lowest BCUT2D eigenvalue weighted by Gasteiger charge is -2.28. The van der Waals surface area contributed by atoms with Crippen LogP contribution in [0.4, 0.5) is 5.69 Å². The number of carbonyl (C=O) groups excluding carboxylic acids is 2. The van der Waals surface area contributed by atoms with Crippen LogP contribution in [0.2, 0.25) is 0 Å². The van der Waals surface area contributed by atoms with Crippen molar-refractivity contribution in [1.29, 1.82) is 0 Å². The van der Waals surface area contributed by atoms with Gasteiger partial charge in [-0.15, -0.1) is 0 Å². The molecule has 0 aliphatic heterocycles. The van der Waals surface area contributed by atoms with E-state index in [1.165, 1.54) is 62.8 Å². The molecular formula is C33H42N4O6S. The van der Waals surface area contributed by atoms with Crippen LogP contribution < -0.4 is 14.5 Å². The van der Waals surface area contributed by atoms with E-state index >= 15 is 0 Å². The molecule has 0 bridgehead atoms. The Hall–Kier alpha value is -4.22. The number of rotatable bonds is 16. The number of likely N-dealkylation sites (N-methyl/N-ethyl adjacent to an activating group) is 1. The molecule has 2 aromatic carbocycles. The summed E-state index contributed by atoms with van der Waals surface area (Å²) in [7, 11) is -0.988. The Morgan fingerprint density at radius 3 is 2.39 bits per heavy atom. The minimum absolute atomic E-state index is 0.0140. The van der Waals surface area contributed by atoms with E-state index in [4.69, 9.17) is 4.74 Å². The van der Waals surface area contributed by atoms with Crippen molar-refractivity contribution in [2.75, 3.05) is 25.0 Å². The lowest BCUT2D eigenvalue weighted by Crippen LogP contribution is -2.34. The van der Waals surface area contributed by atoms with Crippen LogP contribution in [-0.4, -0.2) is 56.0 Å². The number of hydrogen-bond donors (Lipinski definition) is 2. The van der Waals surface area contributed by atoms with E-state index in [0.29, 0.717) is 29.0 Å². The Balaban J connectivity index is 1.98. The van der Waals surface area contributed by atoms with Crippen LogP contribution in [-0.2, 0) is 21.4 Å². The summed E-state index contributed by atoms with van der Waals surface area (Å²) in [5.41, 5.74) is 3.16. The van der Waals surface area contributed by atoms with Crippen molar-refractivity contribution < 1.29 is 28.0 Å². The number of hydroxylamine groups is 1. The number of nitrogens with zero attached hydrogens (tertiary/aromatic N) is 3. The predicted molar refractivity (Wildman–Crippen MR) is 171 cm³/mol. The number of aromatic nitrogens is 1. The van der Waals surface area contributed by atoms with E-state index in [9.17, 15) is 23.2 Å². The topological polar surface area (TPSA) is 129 Å². The molecule has 0 unspecified atom stereocenters. The van der Waals surface area contributed by atoms with Crippen LogP contribution in [0.25, 0.3) is 6.08 Å². The van der Waals surface area contributed by atoms with Crippen molar-refractivity contribution in [2.45, 2.75) is 63.8 Å². The summed E-state index contributed by atoms with van der Waals surface area (Å²) in [4.78, 5) is 31.5. The first-order valence-corrected chi connectivity index (χ1v) is 16.1. The number of aryl methyl sites for hydroxylation is 1. The maximum Gasteiger partial charge on any atom is 0.276 e. The summed E-state index contributed by atoms with van der Waals surface area (Å²) < 4.78 is 34.5. The molecule has 0 fully saturated rings.